The molecule has 0 fully saturated rings. The van der Waals surface area contributed by atoms with Gasteiger partial charge < -0.3 is 0 Å². The highest BCUT2D eigenvalue weighted by Crippen LogP contribution is 2.43. The smallest absolute Gasteiger partial charge is 0.114 e. The molecule has 0 amide bonds. The normalized spacial score (nSPS) is 14.2. The van der Waals surface area contributed by atoms with Crippen molar-refractivity contribution in [2.24, 2.45) is 0 Å². The maximum atomic E-state index is 8.51. The van der Waals surface area contributed by atoms with E-state index in [0.29, 0.717) is 16.7 Å². The molecule has 0 N–H and O–H groups in total. The van der Waals surface area contributed by atoms with Gasteiger partial charge in [-0.1, -0.05) is 110 Å². The van der Waals surface area contributed by atoms with Crippen molar-refractivity contribution in [1.82, 2.24) is 9.55 Å². The monoisotopic (exact) mass is 479 g/mol. The van der Waals surface area contributed by atoms with Crippen molar-refractivity contribution in [1.29, 1.82) is 0 Å². The average Bonchev–Trinajstić information content (AvgIpc) is 3.40. The molecule has 0 spiro atoms. The van der Waals surface area contributed by atoms with Crippen molar-refractivity contribution in [2.75, 3.05) is 0 Å². The quantitative estimate of drug-likeness (QED) is 0.230. The Bertz CT molecular complexity index is 2040. The summed E-state index contributed by atoms with van der Waals surface area (Å²) in [5.74, 6) is -0.139. The van der Waals surface area contributed by atoms with Gasteiger partial charge in [-0.25, -0.2) is 4.98 Å². The molecule has 1 heterocycles. The Hall–Kier alpha value is -4.69. The fourth-order valence-electron chi connectivity index (χ4n) is 5.50. The minimum atomic E-state index is -2.88. The molecule has 176 valence electrons. The number of aryl methyl sites for hydroxylation is 1. The number of aromatic nitrogens is 2. The van der Waals surface area contributed by atoms with Gasteiger partial charge in [0.2, 0.25) is 0 Å². The van der Waals surface area contributed by atoms with Crippen LogP contribution in [-0.4, -0.2) is 9.55 Å². The van der Waals surface area contributed by atoms with E-state index in [4.69, 9.17) is 6.85 Å². The second kappa shape index (κ2) is 8.76. The average molecular weight is 480 g/mol. The van der Waals surface area contributed by atoms with E-state index in [1.54, 1.807) is 10.6 Å². The van der Waals surface area contributed by atoms with E-state index in [9.17, 15) is 0 Å². The number of hydrogen-bond donors (Lipinski definition) is 0. The van der Waals surface area contributed by atoms with Crippen LogP contribution in [0.1, 0.15) is 19.5 Å². The molecule has 2 heteroatoms. The fraction of sp³-hybridized carbons (Fsp3) is 0.0571. The molecule has 0 aliphatic carbocycles. The van der Waals surface area contributed by atoms with Crippen molar-refractivity contribution in [3.8, 4) is 27.9 Å². The molecule has 2 nitrogen and oxygen atoms in total. The van der Waals surface area contributed by atoms with Crippen LogP contribution in [0.5, 0.6) is 0 Å². The molecular formula is C35H26N2. The topological polar surface area (TPSA) is 17.8 Å². The molecule has 0 radical (unpaired) electrons. The Kier molecular flexibility index (Phi) is 4.00. The van der Waals surface area contributed by atoms with E-state index >= 15 is 0 Å². The number of fused-ring (bicyclic) bond motifs is 3. The zero-order valence-electron chi connectivity index (χ0n) is 25.0. The first-order valence-corrected chi connectivity index (χ1v) is 12.3. The van der Waals surface area contributed by atoms with Gasteiger partial charge in [0.15, 0.2) is 0 Å². The van der Waals surface area contributed by atoms with E-state index in [0.717, 1.165) is 38.2 Å². The molecule has 1 aromatic heterocycles. The van der Waals surface area contributed by atoms with E-state index in [-0.39, 0.29) is 5.82 Å². The first-order valence-electron chi connectivity index (χ1n) is 14.8. The number of nitrogens with zero attached hydrogens (tertiary/aromatic N) is 2. The predicted molar refractivity (Wildman–Crippen MR) is 156 cm³/mol. The second-order valence-electron chi connectivity index (χ2n) is 9.14. The third kappa shape index (κ3) is 3.45. The first-order chi connectivity index (χ1) is 20.3. The van der Waals surface area contributed by atoms with E-state index in [1.165, 1.54) is 5.56 Å². The van der Waals surface area contributed by atoms with E-state index in [1.807, 2.05) is 48.5 Å². The van der Waals surface area contributed by atoms with Crippen molar-refractivity contribution < 1.29 is 6.85 Å². The lowest BCUT2D eigenvalue weighted by atomic mass is 9.86. The number of para-hydroxylation sites is 2. The van der Waals surface area contributed by atoms with Crippen LogP contribution in [0.25, 0.3) is 60.5 Å². The SMILES string of the molecule is [2H]C([2H])([2H])C([2H])([2H])c1nc2ccccc2n1-c1ccc(-c2c3ccccc3c(-c3ccccc3)c3ccccc23)cc1. The van der Waals surface area contributed by atoms with Gasteiger partial charge in [0, 0.05) is 18.9 Å². The molecule has 0 bridgehead atoms. The highest BCUT2D eigenvalue weighted by atomic mass is 15.1. The van der Waals surface area contributed by atoms with Gasteiger partial charge in [-0.05, 0) is 68.1 Å². The van der Waals surface area contributed by atoms with Gasteiger partial charge in [0.25, 0.3) is 0 Å². The zero-order chi connectivity index (χ0) is 29.1. The third-order valence-electron chi connectivity index (χ3n) is 7.08. The number of rotatable bonds is 4. The van der Waals surface area contributed by atoms with Gasteiger partial charge in [0.05, 0.1) is 11.0 Å². The Labute approximate surface area is 223 Å². The number of hydrogen-bond acceptors (Lipinski definition) is 1. The molecule has 0 atom stereocenters. The van der Waals surface area contributed by atoms with Crippen LogP contribution in [0.4, 0.5) is 0 Å². The van der Waals surface area contributed by atoms with E-state index in [2.05, 4.69) is 77.8 Å². The molecule has 0 aliphatic rings. The Balaban J connectivity index is 1.46. The molecule has 7 rings (SSSR count). The van der Waals surface area contributed by atoms with Crippen LogP contribution in [0.3, 0.4) is 0 Å². The molecule has 0 saturated heterocycles. The molecule has 7 aromatic rings. The van der Waals surface area contributed by atoms with Crippen LogP contribution in [-0.2, 0) is 6.37 Å². The van der Waals surface area contributed by atoms with Crippen molar-refractivity contribution in [2.45, 2.75) is 13.2 Å². The number of imidazole rings is 1. The summed E-state index contributed by atoms with van der Waals surface area (Å²) in [6.45, 7) is -2.88. The summed E-state index contributed by atoms with van der Waals surface area (Å²) >= 11 is 0. The summed E-state index contributed by atoms with van der Waals surface area (Å²) < 4.78 is 42.3. The second-order valence-corrected chi connectivity index (χ2v) is 9.14. The minimum Gasteiger partial charge on any atom is -0.296 e. The first kappa shape index (κ1) is 16.9. The lowest BCUT2D eigenvalue weighted by Gasteiger charge is -2.18. The minimum absolute atomic E-state index is 0.139. The standard InChI is InChI=1S/C35H26N2/c1-2-33-36-31-18-10-11-19-32(31)37(33)26-22-20-25(21-23-26)35-29-16-8-6-14-27(29)34(24-12-4-3-5-13-24)28-15-7-9-17-30(28)35/h3-23H,2H2,1H3/i1D3,2D2. The largest absolute Gasteiger partial charge is 0.296 e. The highest BCUT2D eigenvalue weighted by Gasteiger charge is 2.17. The van der Waals surface area contributed by atoms with Crippen molar-refractivity contribution >= 4 is 32.6 Å². The molecule has 0 unspecified atom stereocenters. The molecular weight excluding hydrogens is 448 g/mol. The zero-order valence-corrected chi connectivity index (χ0v) is 20.0. The summed E-state index contributed by atoms with van der Waals surface area (Å²) in [6, 6.07) is 42.5. The lowest BCUT2D eigenvalue weighted by molar-refractivity contribution is 0.908. The summed E-state index contributed by atoms with van der Waals surface area (Å²) in [5.41, 5.74) is 6.31. The number of benzene rings is 6. The highest BCUT2D eigenvalue weighted by molar-refractivity contribution is 6.21. The van der Waals surface area contributed by atoms with Crippen LogP contribution in [0.15, 0.2) is 127 Å². The van der Waals surface area contributed by atoms with Gasteiger partial charge in [-0.2, -0.15) is 0 Å². The van der Waals surface area contributed by atoms with Crippen LogP contribution in [0, 0.1) is 0 Å². The maximum Gasteiger partial charge on any atom is 0.114 e. The summed E-state index contributed by atoms with van der Waals surface area (Å²) in [6.07, 6.45) is -2.65. The Morgan fingerprint density at radius 2 is 1.11 bits per heavy atom. The van der Waals surface area contributed by atoms with E-state index < -0.39 is 13.2 Å². The third-order valence-corrected chi connectivity index (χ3v) is 7.08. The van der Waals surface area contributed by atoms with Crippen LogP contribution >= 0.6 is 0 Å². The fourth-order valence-corrected chi connectivity index (χ4v) is 5.50. The maximum absolute atomic E-state index is 8.51. The van der Waals surface area contributed by atoms with Gasteiger partial charge in [-0.15, -0.1) is 0 Å². The summed E-state index contributed by atoms with van der Waals surface area (Å²) in [7, 11) is 0. The van der Waals surface area contributed by atoms with Gasteiger partial charge in [0.1, 0.15) is 5.82 Å². The van der Waals surface area contributed by atoms with Crippen molar-refractivity contribution in [3.63, 3.8) is 0 Å². The molecule has 6 aromatic carbocycles. The summed E-state index contributed by atoms with van der Waals surface area (Å²) in [4.78, 5) is 4.46. The Morgan fingerprint density at radius 1 is 0.595 bits per heavy atom. The molecule has 37 heavy (non-hydrogen) atoms. The van der Waals surface area contributed by atoms with Crippen LogP contribution in [0.2, 0.25) is 0 Å². The van der Waals surface area contributed by atoms with Crippen molar-refractivity contribution in [3.05, 3.63) is 133 Å². The molecule has 0 aliphatic heterocycles. The lowest BCUT2D eigenvalue weighted by Crippen LogP contribution is -2.00. The molecule has 0 saturated carbocycles. The Morgan fingerprint density at radius 3 is 1.70 bits per heavy atom. The van der Waals surface area contributed by atoms with Gasteiger partial charge >= 0.3 is 0 Å². The summed E-state index contributed by atoms with van der Waals surface area (Å²) in [5, 5.41) is 4.59. The predicted octanol–water partition coefficient (Wildman–Crippen LogP) is 9.23. The van der Waals surface area contributed by atoms with Gasteiger partial charge in [-0.3, -0.25) is 4.57 Å². The van der Waals surface area contributed by atoms with Crippen LogP contribution < -0.4 is 0 Å².